The van der Waals surface area contributed by atoms with Crippen molar-refractivity contribution in [2.45, 2.75) is 40.0 Å². The number of aromatic nitrogens is 5. The lowest BCUT2D eigenvalue weighted by Crippen LogP contribution is -2.27. The lowest BCUT2D eigenvalue weighted by Gasteiger charge is -2.14. The van der Waals surface area contributed by atoms with Crippen molar-refractivity contribution in [3.05, 3.63) is 69.2 Å². The van der Waals surface area contributed by atoms with Crippen LogP contribution in [0.4, 0.5) is 13.2 Å². The van der Waals surface area contributed by atoms with Gasteiger partial charge in [0.25, 0.3) is 5.91 Å². The van der Waals surface area contributed by atoms with Gasteiger partial charge in [0.2, 0.25) is 0 Å². The standard InChI is InChI=1S/C23H22BrF3N6O/c1-5-32-11-16(24)19(29-32)12-31(4)22(34)18-10-21-28-17(15-7-6-13(2)14(3)8-15)9-20(23(25,26)27)33(21)30-18/h6-11H,5,12H2,1-4H3. The van der Waals surface area contributed by atoms with E-state index in [1.165, 1.54) is 11.0 Å². The minimum Gasteiger partial charge on any atom is -0.334 e. The summed E-state index contributed by atoms with van der Waals surface area (Å²) in [5, 5.41) is 8.34. The van der Waals surface area contributed by atoms with Gasteiger partial charge in [-0.3, -0.25) is 9.48 Å². The zero-order valence-corrected chi connectivity index (χ0v) is 20.6. The van der Waals surface area contributed by atoms with Crippen molar-refractivity contribution in [3.63, 3.8) is 0 Å². The third kappa shape index (κ3) is 4.56. The number of hydrogen-bond donors (Lipinski definition) is 0. The van der Waals surface area contributed by atoms with E-state index in [2.05, 4.69) is 31.1 Å². The van der Waals surface area contributed by atoms with Gasteiger partial charge in [-0.1, -0.05) is 12.1 Å². The number of carbonyl (C=O) groups is 1. The molecule has 178 valence electrons. The summed E-state index contributed by atoms with van der Waals surface area (Å²) in [5.74, 6) is -0.538. The minimum atomic E-state index is -4.69. The lowest BCUT2D eigenvalue weighted by atomic mass is 10.0. The van der Waals surface area contributed by atoms with E-state index in [0.717, 1.165) is 21.7 Å². The molecular weight excluding hydrogens is 513 g/mol. The van der Waals surface area contributed by atoms with Crippen LogP contribution in [-0.2, 0) is 19.3 Å². The van der Waals surface area contributed by atoms with Gasteiger partial charge in [0, 0.05) is 31.4 Å². The summed E-state index contributed by atoms with van der Waals surface area (Å²) in [7, 11) is 1.54. The molecule has 0 N–H and O–H groups in total. The average molecular weight is 535 g/mol. The Bertz CT molecular complexity index is 1390. The Kier molecular flexibility index (Phi) is 6.24. The first-order valence-corrected chi connectivity index (χ1v) is 11.3. The molecule has 3 heterocycles. The number of amides is 1. The fraction of sp³-hybridized carbons (Fsp3) is 0.304. The van der Waals surface area contributed by atoms with Crippen LogP contribution in [0.3, 0.4) is 0 Å². The van der Waals surface area contributed by atoms with Crippen molar-refractivity contribution in [1.82, 2.24) is 29.3 Å². The predicted octanol–water partition coefficient (Wildman–Crippen LogP) is 5.28. The molecule has 4 aromatic rings. The van der Waals surface area contributed by atoms with Crippen LogP contribution in [0, 0.1) is 13.8 Å². The summed E-state index contributed by atoms with van der Waals surface area (Å²) in [5.41, 5.74) is 2.11. The summed E-state index contributed by atoms with van der Waals surface area (Å²) < 4.78 is 44.8. The Labute approximate surface area is 202 Å². The average Bonchev–Trinajstić information content (AvgIpc) is 3.36. The van der Waals surface area contributed by atoms with Crippen molar-refractivity contribution in [2.24, 2.45) is 0 Å². The largest absolute Gasteiger partial charge is 0.433 e. The van der Waals surface area contributed by atoms with Gasteiger partial charge >= 0.3 is 6.18 Å². The fourth-order valence-corrected chi connectivity index (χ4v) is 3.97. The Morgan fingerprint density at radius 2 is 1.85 bits per heavy atom. The highest BCUT2D eigenvalue weighted by atomic mass is 79.9. The number of alkyl halides is 3. The summed E-state index contributed by atoms with van der Waals surface area (Å²) in [6.07, 6.45) is -2.89. The maximum atomic E-state index is 13.9. The van der Waals surface area contributed by atoms with Crippen LogP contribution in [0.2, 0.25) is 0 Å². The van der Waals surface area contributed by atoms with Gasteiger partial charge in [-0.25, -0.2) is 9.50 Å². The summed E-state index contributed by atoms with van der Waals surface area (Å²) in [6, 6.07) is 7.58. The van der Waals surface area contributed by atoms with Crippen LogP contribution < -0.4 is 0 Å². The molecule has 0 radical (unpaired) electrons. The number of carbonyl (C=O) groups excluding carboxylic acids is 1. The predicted molar refractivity (Wildman–Crippen MR) is 124 cm³/mol. The van der Waals surface area contributed by atoms with Crippen LogP contribution in [0.5, 0.6) is 0 Å². The topological polar surface area (TPSA) is 68.3 Å². The van der Waals surface area contributed by atoms with E-state index < -0.39 is 17.8 Å². The molecule has 0 fully saturated rings. The molecule has 0 saturated heterocycles. The highest BCUT2D eigenvalue weighted by Crippen LogP contribution is 2.33. The lowest BCUT2D eigenvalue weighted by molar-refractivity contribution is -0.142. The zero-order chi connectivity index (χ0) is 24.8. The maximum Gasteiger partial charge on any atom is 0.433 e. The summed E-state index contributed by atoms with van der Waals surface area (Å²) >= 11 is 3.41. The fourth-order valence-electron chi connectivity index (χ4n) is 3.53. The van der Waals surface area contributed by atoms with Crippen LogP contribution in [0.15, 0.2) is 41.0 Å². The maximum absolute atomic E-state index is 13.9. The molecule has 0 unspecified atom stereocenters. The third-order valence-electron chi connectivity index (χ3n) is 5.58. The zero-order valence-electron chi connectivity index (χ0n) is 19.0. The van der Waals surface area contributed by atoms with Crippen molar-refractivity contribution in [2.75, 3.05) is 7.05 Å². The molecule has 1 amide bonds. The van der Waals surface area contributed by atoms with E-state index in [1.807, 2.05) is 26.8 Å². The molecule has 0 aliphatic rings. The number of rotatable bonds is 5. The van der Waals surface area contributed by atoms with Crippen LogP contribution in [0.1, 0.15) is 39.9 Å². The van der Waals surface area contributed by atoms with E-state index in [0.29, 0.717) is 22.3 Å². The monoisotopic (exact) mass is 534 g/mol. The van der Waals surface area contributed by atoms with E-state index >= 15 is 0 Å². The number of halogens is 4. The molecule has 4 rings (SSSR count). The second-order valence-corrected chi connectivity index (χ2v) is 8.92. The molecule has 0 bridgehead atoms. The summed E-state index contributed by atoms with van der Waals surface area (Å²) in [6.45, 7) is 6.57. The van der Waals surface area contributed by atoms with Crippen LogP contribution >= 0.6 is 15.9 Å². The van der Waals surface area contributed by atoms with Gasteiger partial charge in [0.05, 0.1) is 22.4 Å². The van der Waals surface area contributed by atoms with Crippen molar-refractivity contribution < 1.29 is 18.0 Å². The highest BCUT2D eigenvalue weighted by molar-refractivity contribution is 9.10. The van der Waals surface area contributed by atoms with Crippen LogP contribution in [0.25, 0.3) is 16.9 Å². The summed E-state index contributed by atoms with van der Waals surface area (Å²) in [4.78, 5) is 18.7. The second-order valence-electron chi connectivity index (χ2n) is 8.06. The molecule has 0 atom stereocenters. The quantitative estimate of drug-likeness (QED) is 0.349. The van der Waals surface area contributed by atoms with Crippen molar-refractivity contribution in [3.8, 4) is 11.3 Å². The van der Waals surface area contributed by atoms with Gasteiger partial charge in [0.15, 0.2) is 17.0 Å². The van der Waals surface area contributed by atoms with Crippen LogP contribution in [-0.4, -0.2) is 42.2 Å². The SMILES string of the molecule is CCn1cc(Br)c(CN(C)C(=O)c2cc3nc(-c4ccc(C)c(C)c4)cc(C(F)(F)F)n3n2)n1. The molecule has 7 nitrogen and oxygen atoms in total. The molecule has 0 saturated carbocycles. The van der Waals surface area contributed by atoms with Gasteiger partial charge in [0.1, 0.15) is 0 Å². The smallest absolute Gasteiger partial charge is 0.334 e. The molecule has 11 heteroatoms. The van der Waals surface area contributed by atoms with Crippen molar-refractivity contribution >= 4 is 27.5 Å². The van der Waals surface area contributed by atoms with E-state index in [1.54, 1.807) is 30.1 Å². The number of aryl methyl sites for hydroxylation is 3. The van der Waals surface area contributed by atoms with E-state index in [9.17, 15) is 18.0 Å². The Morgan fingerprint density at radius 3 is 2.47 bits per heavy atom. The highest BCUT2D eigenvalue weighted by Gasteiger charge is 2.36. The Hall–Kier alpha value is -3.21. The van der Waals surface area contributed by atoms with Gasteiger partial charge < -0.3 is 4.90 Å². The first kappa shape index (κ1) is 23.9. The van der Waals surface area contributed by atoms with Gasteiger partial charge in [-0.15, -0.1) is 0 Å². The third-order valence-corrected chi connectivity index (χ3v) is 6.25. The number of benzene rings is 1. The molecule has 1 aromatic carbocycles. The second kappa shape index (κ2) is 8.86. The molecule has 0 aliphatic heterocycles. The number of fused-ring (bicyclic) bond motifs is 1. The normalized spacial score (nSPS) is 11.9. The minimum absolute atomic E-state index is 0.0590. The first-order chi connectivity index (χ1) is 16.0. The van der Waals surface area contributed by atoms with Gasteiger partial charge in [-0.2, -0.15) is 23.4 Å². The molecule has 0 aliphatic carbocycles. The van der Waals surface area contributed by atoms with E-state index in [4.69, 9.17) is 0 Å². The Morgan fingerprint density at radius 1 is 1.12 bits per heavy atom. The van der Waals surface area contributed by atoms with Crippen molar-refractivity contribution in [1.29, 1.82) is 0 Å². The molecule has 34 heavy (non-hydrogen) atoms. The number of nitrogens with zero attached hydrogens (tertiary/aromatic N) is 6. The number of hydrogen-bond acceptors (Lipinski definition) is 4. The first-order valence-electron chi connectivity index (χ1n) is 10.5. The molecule has 0 spiro atoms. The molecule has 3 aromatic heterocycles. The van der Waals surface area contributed by atoms with Gasteiger partial charge in [-0.05, 0) is 60.0 Å². The van der Waals surface area contributed by atoms with E-state index in [-0.39, 0.29) is 23.6 Å². The Balaban J connectivity index is 1.73. The molecular formula is C23H22BrF3N6O.